The highest BCUT2D eigenvalue weighted by molar-refractivity contribution is 5.95. The maximum Gasteiger partial charge on any atom is 0.254 e. The molecule has 2 rings (SSSR count). The lowest BCUT2D eigenvalue weighted by molar-refractivity contribution is 0.0742. The fourth-order valence-electron chi connectivity index (χ4n) is 2.40. The number of rotatable bonds is 3. The number of carbonyl (C=O) groups excluding carboxylic acids is 1. The summed E-state index contributed by atoms with van der Waals surface area (Å²) in [5.41, 5.74) is 3.87. The molecule has 1 N–H and O–H groups in total. The maximum atomic E-state index is 12.6. The van der Waals surface area contributed by atoms with Crippen molar-refractivity contribution in [1.82, 2.24) is 4.90 Å². The van der Waals surface area contributed by atoms with Gasteiger partial charge in [-0.1, -0.05) is 29.8 Å². The van der Waals surface area contributed by atoms with Crippen LogP contribution in [0.15, 0.2) is 42.5 Å². The third kappa shape index (κ3) is 3.24. The average molecular weight is 283 g/mol. The lowest BCUT2D eigenvalue weighted by Gasteiger charge is -2.26. The van der Waals surface area contributed by atoms with Gasteiger partial charge in [-0.15, -0.1) is 0 Å². The number of amides is 1. The Morgan fingerprint density at radius 1 is 1.10 bits per heavy atom. The molecule has 0 spiro atoms. The third-order valence-corrected chi connectivity index (χ3v) is 3.89. The Hall–Kier alpha value is -2.29. The number of nitrogens with zero attached hydrogens (tertiary/aromatic N) is 1. The van der Waals surface area contributed by atoms with E-state index in [1.807, 2.05) is 51.1 Å². The van der Waals surface area contributed by atoms with Crippen LogP contribution in [0.5, 0.6) is 5.75 Å². The standard InChI is InChI=1S/C18H21NO2/c1-12-5-10-17(13(2)11-12)18(21)19(4)14(3)15-6-8-16(20)9-7-15/h5-11,14,20H,1-4H3. The van der Waals surface area contributed by atoms with E-state index in [4.69, 9.17) is 0 Å². The van der Waals surface area contributed by atoms with Crippen LogP contribution in [0.4, 0.5) is 0 Å². The van der Waals surface area contributed by atoms with E-state index in [1.54, 1.807) is 24.1 Å². The summed E-state index contributed by atoms with van der Waals surface area (Å²) in [6.07, 6.45) is 0. The second-order valence-electron chi connectivity index (χ2n) is 5.50. The van der Waals surface area contributed by atoms with Crippen molar-refractivity contribution in [2.45, 2.75) is 26.8 Å². The molecule has 0 radical (unpaired) electrons. The highest BCUT2D eigenvalue weighted by Crippen LogP contribution is 2.23. The molecule has 0 heterocycles. The quantitative estimate of drug-likeness (QED) is 0.929. The molecule has 0 saturated carbocycles. The van der Waals surface area contributed by atoms with Crippen molar-refractivity contribution in [3.8, 4) is 5.75 Å². The van der Waals surface area contributed by atoms with Gasteiger partial charge in [0, 0.05) is 12.6 Å². The molecule has 2 aromatic rings. The first-order valence-corrected chi connectivity index (χ1v) is 7.03. The molecule has 1 unspecified atom stereocenters. The van der Waals surface area contributed by atoms with Gasteiger partial charge in [-0.25, -0.2) is 0 Å². The Balaban J connectivity index is 2.24. The first-order valence-electron chi connectivity index (χ1n) is 7.03. The molecule has 0 aromatic heterocycles. The number of aromatic hydroxyl groups is 1. The minimum atomic E-state index is -0.0567. The number of hydrogen-bond acceptors (Lipinski definition) is 2. The summed E-state index contributed by atoms with van der Waals surface area (Å²) in [6.45, 7) is 5.96. The van der Waals surface area contributed by atoms with E-state index in [0.29, 0.717) is 0 Å². The molecule has 0 aliphatic carbocycles. The van der Waals surface area contributed by atoms with Gasteiger partial charge in [-0.2, -0.15) is 0 Å². The topological polar surface area (TPSA) is 40.5 Å². The summed E-state index contributed by atoms with van der Waals surface area (Å²) in [5.74, 6) is 0.238. The lowest BCUT2D eigenvalue weighted by Crippen LogP contribution is -2.30. The Morgan fingerprint density at radius 3 is 2.29 bits per heavy atom. The van der Waals surface area contributed by atoms with Gasteiger partial charge in [0.05, 0.1) is 6.04 Å². The van der Waals surface area contributed by atoms with Crippen molar-refractivity contribution in [1.29, 1.82) is 0 Å². The largest absolute Gasteiger partial charge is 0.508 e. The monoisotopic (exact) mass is 283 g/mol. The van der Waals surface area contributed by atoms with E-state index < -0.39 is 0 Å². The van der Waals surface area contributed by atoms with Crippen molar-refractivity contribution < 1.29 is 9.90 Å². The molecule has 3 heteroatoms. The summed E-state index contributed by atoms with van der Waals surface area (Å²) in [6, 6.07) is 12.8. The fraction of sp³-hybridized carbons (Fsp3) is 0.278. The van der Waals surface area contributed by atoms with Gasteiger partial charge in [0.1, 0.15) is 5.75 Å². The molecule has 3 nitrogen and oxygen atoms in total. The molecule has 2 aromatic carbocycles. The van der Waals surface area contributed by atoms with Crippen LogP contribution in [0, 0.1) is 13.8 Å². The SMILES string of the molecule is Cc1ccc(C(=O)N(C)C(C)c2ccc(O)cc2)c(C)c1. The lowest BCUT2D eigenvalue weighted by atomic mass is 10.0. The van der Waals surface area contributed by atoms with Gasteiger partial charge in [-0.05, 0) is 50.1 Å². The molecule has 0 fully saturated rings. The Kier molecular flexibility index (Phi) is 4.32. The molecule has 110 valence electrons. The van der Waals surface area contributed by atoms with Crippen LogP contribution in [0.1, 0.15) is 40.0 Å². The molecule has 1 amide bonds. The predicted molar refractivity (Wildman–Crippen MR) is 84.5 cm³/mol. The first kappa shape index (κ1) is 15.1. The number of phenolic OH excluding ortho intramolecular Hbond substituents is 1. The van der Waals surface area contributed by atoms with Crippen LogP contribution in [-0.2, 0) is 0 Å². The fourth-order valence-corrected chi connectivity index (χ4v) is 2.40. The Labute approximate surface area is 125 Å². The smallest absolute Gasteiger partial charge is 0.254 e. The van der Waals surface area contributed by atoms with Crippen molar-refractivity contribution in [2.24, 2.45) is 0 Å². The summed E-state index contributed by atoms with van der Waals surface area (Å²) in [5, 5.41) is 9.35. The minimum absolute atomic E-state index is 0.00748. The number of phenols is 1. The molecular formula is C18H21NO2. The van der Waals surface area contributed by atoms with Crippen LogP contribution >= 0.6 is 0 Å². The second kappa shape index (κ2) is 6.00. The Bertz CT molecular complexity index is 647. The van der Waals surface area contributed by atoms with E-state index in [0.717, 1.165) is 22.3 Å². The third-order valence-electron chi connectivity index (χ3n) is 3.89. The molecule has 21 heavy (non-hydrogen) atoms. The van der Waals surface area contributed by atoms with Gasteiger partial charge in [0.2, 0.25) is 0 Å². The van der Waals surface area contributed by atoms with E-state index in [2.05, 4.69) is 0 Å². The van der Waals surface area contributed by atoms with Gasteiger partial charge >= 0.3 is 0 Å². The summed E-state index contributed by atoms with van der Waals surface area (Å²) < 4.78 is 0. The molecule has 0 bridgehead atoms. The van der Waals surface area contributed by atoms with Crippen LogP contribution < -0.4 is 0 Å². The van der Waals surface area contributed by atoms with E-state index in [-0.39, 0.29) is 17.7 Å². The zero-order valence-corrected chi connectivity index (χ0v) is 12.9. The number of carbonyl (C=O) groups is 1. The highest BCUT2D eigenvalue weighted by Gasteiger charge is 2.20. The van der Waals surface area contributed by atoms with E-state index >= 15 is 0 Å². The Morgan fingerprint density at radius 2 is 1.71 bits per heavy atom. The summed E-state index contributed by atoms with van der Waals surface area (Å²) in [7, 11) is 1.80. The van der Waals surface area contributed by atoms with Gasteiger partial charge < -0.3 is 10.0 Å². The summed E-state index contributed by atoms with van der Waals surface area (Å²) in [4.78, 5) is 14.4. The number of hydrogen-bond donors (Lipinski definition) is 1. The molecular weight excluding hydrogens is 262 g/mol. The zero-order chi connectivity index (χ0) is 15.6. The van der Waals surface area contributed by atoms with E-state index in [1.165, 1.54) is 0 Å². The van der Waals surface area contributed by atoms with Crippen molar-refractivity contribution in [3.63, 3.8) is 0 Å². The average Bonchev–Trinajstić information content (AvgIpc) is 2.46. The number of benzene rings is 2. The predicted octanol–water partition coefficient (Wildman–Crippen LogP) is 3.84. The van der Waals surface area contributed by atoms with Gasteiger partial charge in [0.25, 0.3) is 5.91 Å². The highest BCUT2D eigenvalue weighted by atomic mass is 16.3. The van der Waals surface area contributed by atoms with Crippen LogP contribution in [0.2, 0.25) is 0 Å². The van der Waals surface area contributed by atoms with Gasteiger partial charge in [-0.3, -0.25) is 4.79 Å². The first-order chi connectivity index (χ1) is 9.90. The van der Waals surface area contributed by atoms with Crippen molar-refractivity contribution in [2.75, 3.05) is 7.05 Å². The van der Waals surface area contributed by atoms with Crippen molar-refractivity contribution >= 4 is 5.91 Å². The molecule has 0 saturated heterocycles. The normalized spacial score (nSPS) is 12.0. The molecule has 1 atom stereocenters. The van der Waals surface area contributed by atoms with Gasteiger partial charge in [0.15, 0.2) is 0 Å². The van der Waals surface area contributed by atoms with E-state index in [9.17, 15) is 9.90 Å². The maximum absolute atomic E-state index is 12.6. The molecule has 0 aliphatic heterocycles. The number of aryl methyl sites for hydroxylation is 2. The minimum Gasteiger partial charge on any atom is -0.508 e. The molecule has 0 aliphatic rings. The second-order valence-corrected chi connectivity index (χ2v) is 5.50. The van der Waals surface area contributed by atoms with Crippen LogP contribution in [0.3, 0.4) is 0 Å². The summed E-state index contributed by atoms with van der Waals surface area (Å²) >= 11 is 0. The van der Waals surface area contributed by atoms with Crippen LogP contribution in [-0.4, -0.2) is 23.0 Å². The van der Waals surface area contributed by atoms with Crippen LogP contribution in [0.25, 0.3) is 0 Å². The zero-order valence-electron chi connectivity index (χ0n) is 12.9. The van der Waals surface area contributed by atoms with Crippen molar-refractivity contribution in [3.05, 3.63) is 64.7 Å².